The van der Waals surface area contributed by atoms with Crippen molar-refractivity contribution in [2.45, 2.75) is 12.1 Å². The number of piperazine rings is 1. The van der Waals surface area contributed by atoms with Crippen molar-refractivity contribution in [2.24, 2.45) is 0 Å². The maximum absolute atomic E-state index is 4.44. The molecule has 4 nitrogen and oxygen atoms in total. The molecular formula is C12H20N4. The number of likely N-dealkylation sites (N-methyl/N-ethyl adjacent to an activating group) is 2. The highest BCUT2D eigenvalue weighted by molar-refractivity contribution is 5.12. The maximum Gasteiger partial charge on any atom is 0.0662 e. The van der Waals surface area contributed by atoms with Crippen LogP contribution in [0, 0.1) is 0 Å². The van der Waals surface area contributed by atoms with Crippen LogP contribution in [0.15, 0.2) is 24.4 Å². The van der Waals surface area contributed by atoms with Crippen molar-refractivity contribution >= 4 is 0 Å². The number of aromatic nitrogens is 1. The molecule has 88 valence electrons. The summed E-state index contributed by atoms with van der Waals surface area (Å²) in [7, 11) is 4.18. The standard InChI is InChI=1S/C12H20N4/c1-13-12(10-5-3-4-6-15-10)11-9-14-7-8-16(11)2/h3-6,11-14H,7-9H2,1-2H3. The molecule has 1 aromatic heterocycles. The van der Waals surface area contributed by atoms with Gasteiger partial charge in [0.1, 0.15) is 0 Å². The lowest BCUT2D eigenvalue weighted by Gasteiger charge is -2.38. The molecule has 2 unspecified atom stereocenters. The molecular weight excluding hydrogens is 200 g/mol. The molecule has 1 aliphatic rings. The summed E-state index contributed by atoms with van der Waals surface area (Å²) in [6.45, 7) is 3.18. The molecule has 2 N–H and O–H groups in total. The van der Waals surface area contributed by atoms with Crippen LogP contribution in [0.25, 0.3) is 0 Å². The minimum atomic E-state index is 0.291. The van der Waals surface area contributed by atoms with E-state index in [2.05, 4.69) is 33.6 Å². The highest BCUT2D eigenvalue weighted by Gasteiger charge is 2.28. The van der Waals surface area contributed by atoms with E-state index in [1.807, 2.05) is 25.4 Å². The van der Waals surface area contributed by atoms with Gasteiger partial charge in [0.05, 0.1) is 11.7 Å². The predicted molar refractivity (Wildman–Crippen MR) is 65.3 cm³/mol. The second-order valence-electron chi connectivity index (χ2n) is 4.27. The monoisotopic (exact) mass is 220 g/mol. The number of nitrogens with zero attached hydrogens (tertiary/aromatic N) is 2. The van der Waals surface area contributed by atoms with Crippen molar-refractivity contribution < 1.29 is 0 Å². The van der Waals surface area contributed by atoms with Crippen LogP contribution in [0.5, 0.6) is 0 Å². The van der Waals surface area contributed by atoms with Gasteiger partial charge in [-0.2, -0.15) is 0 Å². The van der Waals surface area contributed by atoms with Crippen LogP contribution >= 0.6 is 0 Å². The summed E-state index contributed by atoms with van der Waals surface area (Å²) < 4.78 is 0. The van der Waals surface area contributed by atoms with Gasteiger partial charge in [0.15, 0.2) is 0 Å². The summed E-state index contributed by atoms with van der Waals surface area (Å²) in [5, 5.41) is 6.81. The Balaban J connectivity index is 2.15. The molecule has 16 heavy (non-hydrogen) atoms. The van der Waals surface area contributed by atoms with Crippen LogP contribution in [0.1, 0.15) is 11.7 Å². The molecule has 2 heterocycles. The largest absolute Gasteiger partial charge is 0.314 e. The van der Waals surface area contributed by atoms with Crippen molar-refractivity contribution in [1.29, 1.82) is 0 Å². The Morgan fingerprint density at radius 3 is 3.06 bits per heavy atom. The van der Waals surface area contributed by atoms with Crippen LogP contribution in [0.4, 0.5) is 0 Å². The predicted octanol–water partition coefficient (Wildman–Crippen LogP) is 0.246. The fraction of sp³-hybridized carbons (Fsp3) is 0.583. The molecule has 1 saturated heterocycles. The molecule has 0 saturated carbocycles. The van der Waals surface area contributed by atoms with Crippen molar-refractivity contribution in [3.63, 3.8) is 0 Å². The van der Waals surface area contributed by atoms with Crippen molar-refractivity contribution in [1.82, 2.24) is 20.5 Å². The molecule has 4 heteroatoms. The van der Waals surface area contributed by atoms with Gasteiger partial charge in [-0.05, 0) is 26.2 Å². The summed E-state index contributed by atoms with van der Waals surface area (Å²) in [6, 6.07) is 6.85. The van der Waals surface area contributed by atoms with Crippen molar-refractivity contribution in [2.75, 3.05) is 33.7 Å². The van der Waals surface area contributed by atoms with Crippen LogP contribution in [-0.4, -0.2) is 49.7 Å². The quantitative estimate of drug-likeness (QED) is 0.766. The topological polar surface area (TPSA) is 40.2 Å². The first-order chi connectivity index (χ1) is 7.83. The van der Waals surface area contributed by atoms with Gasteiger partial charge in [0.25, 0.3) is 0 Å². The van der Waals surface area contributed by atoms with E-state index in [9.17, 15) is 0 Å². The number of hydrogen-bond acceptors (Lipinski definition) is 4. The Labute approximate surface area is 97.1 Å². The lowest BCUT2D eigenvalue weighted by Crippen LogP contribution is -2.54. The Bertz CT molecular complexity index is 314. The maximum atomic E-state index is 4.44. The van der Waals surface area contributed by atoms with E-state index in [1.165, 1.54) is 0 Å². The number of pyridine rings is 1. The van der Waals surface area contributed by atoms with Gasteiger partial charge in [0, 0.05) is 31.9 Å². The Morgan fingerprint density at radius 2 is 2.44 bits per heavy atom. The van der Waals surface area contributed by atoms with Gasteiger partial charge >= 0.3 is 0 Å². The first kappa shape index (κ1) is 11.5. The second-order valence-corrected chi connectivity index (χ2v) is 4.27. The number of rotatable bonds is 3. The fourth-order valence-corrected chi connectivity index (χ4v) is 2.30. The highest BCUT2D eigenvalue weighted by Crippen LogP contribution is 2.18. The lowest BCUT2D eigenvalue weighted by molar-refractivity contribution is 0.160. The summed E-state index contributed by atoms with van der Waals surface area (Å²) in [5.74, 6) is 0. The average molecular weight is 220 g/mol. The van der Waals surface area contributed by atoms with E-state index < -0.39 is 0 Å². The number of nitrogens with one attached hydrogen (secondary N) is 2. The van der Waals surface area contributed by atoms with E-state index in [-0.39, 0.29) is 0 Å². The van der Waals surface area contributed by atoms with Crippen molar-refractivity contribution in [3.8, 4) is 0 Å². The molecule has 1 aliphatic heterocycles. The molecule has 0 aromatic carbocycles. The minimum Gasteiger partial charge on any atom is -0.314 e. The third-order valence-electron chi connectivity index (χ3n) is 3.26. The molecule has 1 aromatic rings. The third-order valence-corrected chi connectivity index (χ3v) is 3.26. The molecule has 0 amide bonds. The molecule has 2 atom stereocenters. The van der Waals surface area contributed by atoms with Gasteiger partial charge < -0.3 is 10.6 Å². The molecule has 2 rings (SSSR count). The van der Waals surface area contributed by atoms with Crippen LogP contribution in [0.2, 0.25) is 0 Å². The highest BCUT2D eigenvalue weighted by atomic mass is 15.2. The van der Waals surface area contributed by atoms with E-state index in [0.29, 0.717) is 12.1 Å². The van der Waals surface area contributed by atoms with Gasteiger partial charge in [0.2, 0.25) is 0 Å². The second kappa shape index (κ2) is 5.39. The van der Waals surface area contributed by atoms with Crippen LogP contribution in [-0.2, 0) is 0 Å². The zero-order valence-electron chi connectivity index (χ0n) is 9.98. The molecule has 0 aliphatic carbocycles. The summed E-state index contributed by atoms with van der Waals surface area (Å²) >= 11 is 0. The van der Waals surface area contributed by atoms with E-state index in [1.54, 1.807) is 0 Å². The SMILES string of the molecule is CNC(c1ccccn1)C1CNCCN1C. The summed E-state index contributed by atoms with van der Waals surface area (Å²) in [6.07, 6.45) is 1.86. The molecule has 1 fully saturated rings. The Kier molecular flexibility index (Phi) is 3.88. The first-order valence-electron chi connectivity index (χ1n) is 5.82. The Morgan fingerprint density at radius 1 is 1.56 bits per heavy atom. The average Bonchev–Trinajstić information content (AvgIpc) is 2.34. The lowest BCUT2D eigenvalue weighted by atomic mass is 10.0. The van der Waals surface area contributed by atoms with Gasteiger partial charge in [-0.15, -0.1) is 0 Å². The Hall–Kier alpha value is -0.970. The smallest absolute Gasteiger partial charge is 0.0662 e. The van der Waals surface area contributed by atoms with E-state index in [4.69, 9.17) is 0 Å². The van der Waals surface area contributed by atoms with Gasteiger partial charge in [-0.25, -0.2) is 0 Å². The molecule has 0 bridgehead atoms. The zero-order chi connectivity index (χ0) is 11.4. The van der Waals surface area contributed by atoms with Crippen molar-refractivity contribution in [3.05, 3.63) is 30.1 Å². The van der Waals surface area contributed by atoms with Crippen LogP contribution < -0.4 is 10.6 Å². The number of hydrogen-bond donors (Lipinski definition) is 2. The normalized spacial score (nSPS) is 24.2. The first-order valence-corrected chi connectivity index (χ1v) is 5.82. The minimum absolute atomic E-state index is 0.291. The summed E-state index contributed by atoms with van der Waals surface area (Å²) in [5.41, 5.74) is 1.12. The summed E-state index contributed by atoms with van der Waals surface area (Å²) in [4.78, 5) is 6.84. The van der Waals surface area contributed by atoms with Crippen LogP contribution in [0.3, 0.4) is 0 Å². The molecule has 0 radical (unpaired) electrons. The van der Waals surface area contributed by atoms with E-state index >= 15 is 0 Å². The third kappa shape index (κ3) is 2.40. The van der Waals surface area contributed by atoms with Gasteiger partial charge in [-0.3, -0.25) is 9.88 Å². The van der Waals surface area contributed by atoms with E-state index in [0.717, 1.165) is 25.3 Å². The molecule has 0 spiro atoms. The zero-order valence-corrected chi connectivity index (χ0v) is 9.98. The fourth-order valence-electron chi connectivity index (χ4n) is 2.30. The van der Waals surface area contributed by atoms with Gasteiger partial charge in [-0.1, -0.05) is 6.07 Å².